The van der Waals surface area contributed by atoms with Gasteiger partial charge in [-0.3, -0.25) is 4.90 Å². The van der Waals surface area contributed by atoms with Gasteiger partial charge >= 0.3 is 5.97 Å². The maximum Gasteiger partial charge on any atom is 0.360 e. The van der Waals surface area contributed by atoms with E-state index in [0.29, 0.717) is 23.8 Å². The first-order valence-corrected chi connectivity index (χ1v) is 11.5. The first-order valence-electron chi connectivity index (χ1n) is 11.5. The van der Waals surface area contributed by atoms with Gasteiger partial charge in [-0.05, 0) is 37.7 Å². The van der Waals surface area contributed by atoms with Crippen molar-refractivity contribution in [1.82, 2.24) is 24.4 Å². The van der Waals surface area contributed by atoms with Gasteiger partial charge in [0.2, 0.25) is 0 Å². The number of rotatable bonds is 5. The van der Waals surface area contributed by atoms with Gasteiger partial charge in [-0.15, -0.1) is 0 Å². The van der Waals surface area contributed by atoms with Crippen LogP contribution < -0.4 is 5.32 Å². The van der Waals surface area contributed by atoms with E-state index in [0.717, 1.165) is 35.4 Å². The Kier molecular flexibility index (Phi) is 6.19. The number of ether oxygens (including phenoxy) is 2. The van der Waals surface area contributed by atoms with E-state index in [-0.39, 0.29) is 11.7 Å². The maximum atomic E-state index is 12.7. The quantitative estimate of drug-likeness (QED) is 0.438. The van der Waals surface area contributed by atoms with Crippen molar-refractivity contribution in [3.05, 3.63) is 65.7 Å². The van der Waals surface area contributed by atoms with E-state index in [4.69, 9.17) is 19.4 Å². The van der Waals surface area contributed by atoms with Crippen LogP contribution in [-0.4, -0.2) is 64.3 Å². The number of carbonyl (C=O) groups excluding carboxylic acids is 1. The number of aryl methyl sites for hydroxylation is 2. The topological polar surface area (TPSA) is 94.4 Å². The predicted octanol–water partition coefficient (Wildman–Crippen LogP) is 3.87. The van der Waals surface area contributed by atoms with Crippen molar-refractivity contribution in [2.45, 2.75) is 13.0 Å². The van der Waals surface area contributed by atoms with Crippen molar-refractivity contribution in [3.8, 4) is 11.3 Å². The molecule has 180 valence electrons. The van der Waals surface area contributed by atoms with Crippen molar-refractivity contribution < 1.29 is 14.3 Å². The average molecular weight is 473 g/mol. The Bertz CT molecular complexity index is 1380. The number of carbonyl (C=O) groups is 1. The molecular formula is C26H28N6O3. The number of anilines is 2. The summed E-state index contributed by atoms with van der Waals surface area (Å²) in [5.74, 6) is -0.218. The van der Waals surface area contributed by atoms with Crippen LogP contribution in [0.2, 0.25) is 0 Å². The molecule has 1 saturated heterocycles. The highest BCUT2D eigenvalue weighted by Crippen LogP contribution is 2.31. The number of nitrogens with zero attached hydrogens (tertiary/aromatic N) is 5. The summed E-state index contributed by atoms with van der Waals surface area (Å²) >= 11 is 0. The van der Waals surface area contributed by atoms with E-state index in [9.17, 15) is 4.79 Å². The van der Waals surface area contributed by atoms with Gasteiger partial charge in [-0.1, -0.05) is 24.3 Å². The first kappa shape index (κ1) is 22.9. The van der Waals surface area contributed by atoms with Crippen LogP contribution >= 0.6 is 0 Å². The molecule has 1 atom stereocenters. The highest BCUT2D eigenvalue weighted by atomic mass is 16.5. The summed E-state index contributed by atoms with van der Waals surface area (Å²) in [4.78, 5) is 28.9. The predicted molar refractivity (Wildman–Crippen MR) is 134 cm³/mol. The number of imidazole rings is 1. The molecule has 0 amide bonds. The molecule has 1 aliphatic rings. The molecule has 9 nitrogen and oxygen atoms in total. The number of likely N-dealkylation sites (N-methyl/N-ethyl adjacent to an activating group) is 1. The van der Waals surface area contributed by atoms with Crippen molar-refractivity contribution in [2.75, 3.05) is 39.2 Å². The van der Waals surface area contributed by atoms with Crippen molar-refractivity contribution in [3.63, 3.8) is 0 Å². The van der Waals surface area contributed by atoms with Gasteiger partial charge in [0.25, 0.3) is 0 Å². The van der Waals surface area contributed by atoms with Gasteiger partial charge < -0.3 is 19.4 Å². The molecule has 1 unspecified atom stereocenters. The van der Waals surface area contributed by atoms with Gasteiger partial charge in [0.1, 0.15) is 0 Å². The number of esters is 1. The second kappa shape index (κ2) is 9.44. The van der Waals surface area contributed by atoms with Gasteiger partial charge in [-0.25, -0.2) is 19.7 Å². The highest BCUT2D eigenvalue weighted by molar-refractivity contribution is 5.96. The van der Waals surface area contributed by atoms with Crippen LogP contribution in [-0.2, 0) is 16.5 Å². The molecule has 1 N–H and O–H groups in total. The molecule has 0 spiro atoms. The summed E-state index contributed by atoms with van der Waals surface area (Å²) in [6.07, 6.45) is 1.76. The van der Waals surface area contributed by atoms with Crippen molar-refractivity contribution in [1.29, 1.82) is 0 Å². The number of para-hydroxylation sites is 1. The molecule has 4 aromatic rings. The zero-order valence-electron chi connectivity index (χ0n) is 20.3. The van der Waals surface area contributed by atoms with Crippen LogP contribution in [0.3, 0.4) is 0 Å². The van der Waals surface area contributed by atoms with Crippen molar-refractivity contribution >= 4 is 28.5 Å². The number of hydrogen-bond donors (Lipinski definition) is 1. The molecule has 0 saturated carbocycles. The molecule has 0 radical (unpaired) electrons. The molecule has 3 heterocycles. The third-order valence-electron chi connectivity index (χ3n) is 6.41. The molecule has 35 heavy (non-hydrogen) atoms. The smallest absolute Gasteiger partial charge is 0.360 e. The summed E-state index contributed by atoms with van der Waals surface area (Å²) in [5, 5.41) is 3.25. The molecule has 9 heteroatoms. The Morgan fingerprint density at radius 2 is 1.94 bits per heavy atom. The highest BCUT2D eigenvalue weighted by Gasteiger charge is 2.23. The fourth-order valence-electron chi connectivity index (χ4n) is 4.41. The lowest BCUT2D eigenvalue weighted by atomic mass is 10.0. The van der Waals surface area contributed by atoms with Gasteiger partial charge in [-0.2, -0.15) is 0 Å². The number of hydrogen-bond acceptors (Lipinski definition) is 8. The Morgan fingerprint density at radius 3 is 2.69 bits per heavy atom. The van der Waals surface area contributed by atoms with E-state index in [2.05, 4.69) is 34.4 Å². The average Bonchev–Trinajstić information content (AvgIpc) is 3.26. The minimum atomic E-state index is -0.563. The number of nitrogens with one attached hydrogen (secondary N) is 1. The monoisotopic (exact) mass is 472 g/mol. The maximum absolute atomic E-state index is 12.7. The summed E-state index contributed by atoms with van der Waals surface area (Å²) in [6.45, 7) is 4.20. The summed E-state index contributed by atoms with van der Waals surface area (Å²) in [7, 11) is 5.38. The molecule has 2 aromatic heterocycles. The van der Waals surface area contributed by atoms with Crippen molar-refractivity contribution in [2.24, 2.45) is 7.05 Å². The standard InChI is InChI=1S/C26H28N6O3/c1-16-22(19-6-5-7-20-23(19)27-15-32(20)3)30-24(26(33)34-4)25(28-16)29-18-10-8-17(9-11-18)21-14-35-13-12-31(21)2/h5-11,15,21H,12-14H2,1-4H3,(H,28,29). The van der Waals surface area contributed by atoms with E-state index in [1.54, 1.807) is 6.33 Å². The van der Waals surface area contributed by atoms with Crippen LogP contribution in [0.5, 0.6) is 0 Å². The zero-order valence-corrected chi connectivity index (χ0v) is 20.3. The lowest BCUT2D eigenvalue weighted by Crippen LogP contribution is -2.36. The van der Waals surface area contributed by atoms with E-state index in [1.807, 2.05) is 48.9 Å². The lowest BCUT2D eigenvalue weighted by molar-refractivity contribution is 0.00506. The second-order valence-corrected chi connectivity index (χ2v) is 8.69. The summed E-state index contributed by atoms with van der Waals surface area (Å²) in [6, 6.07) is 14.2. The summed E-state index contributed by atoms with van der Waals surface area (Å²) < 4.78 is 12.6. The Hall–Kier alpha value is -3.82. The number of morpholine rings is 1. The number of benzene rings is 2. The van der Waals surface area contributed by atoms with E-state index >= 15 is 0 Å². The molecule has 0 bridgehead atoms. The molecule has 2 aromatic carbocycles. The van der Waals surface area contributed by atoms with Crippen LogP contribution in [0.15, 0.2) is 48.8 Å². The van der Waals surface area contributed by atoms with Crippen LogP contribution in [0.4, 0.5) is 11.5 Å². The first-order chi connectivity index (χ1) is 17.0. The van der Waals surface area contributed by atoms with Gasteiger partial charge in [0.15, 0.2) is 11.5 Å². The Balaban J connectivity index is 1.50. The second-order valence-electron chi connectivity index (χ2n) is 8.69. The van der Waals surface area contributed by atoms with Crippen LogP contribution in [0.25, 0.3) is 22.3 Å². The number of fused-ring (bicyclic) bond motifs is 1. The van der Waals surface area contributed by atoms with E-state index < -0.39 is 5.97 Å². The Morgan fingerprint density at radius 1 is 1.14 bits per heavy atom. The minimum Gasteiger partial charge on any atom is -0.464 e. The normalized spacial score (nSPS) is 16.4. The molecule has 0 aliphatic carbocycles. The molecular weight excluding hydrogens is 444 g/mol. The zero-order chi connectivity index (χ0) is 24.5. The minimum absolute atomic E-state index is 0.116. The summed E-state index contributed by atoms with van der Waals surface area (Å²) in [5.41, 5.74) is 5.94. The van der Waals surface area contributed by atoms with Crippen LogP contribution in [0.1, 0.15) is 27.8 Å². The van der Waals surface area contributed by atoms with Gasteiger partial charge in [0.05, 0.1) is 55.1 Å². The SMILES string of the molecule is COC(=O)c1nc(-c2cccc3c2ncn3C)c(C)nc1Nc1ccc(C2COCCN2C)cc1. The van der Waals surface area contributed by atoms with E-state index in [1.165, 1.54) is 12.7 Å². The fraction of sp³-hybridized carbons (Fsp3) is 0.308. The van der Waals surface area contributed by atoms with Gasteiger partial charge in [0, 0.05) is 24.8 Å². The third kappa shape index (κ3) is 4.36. The number of aromatic nitrogens is 4. The number of methoxy groups -OCH3 is 1. The van der Waals surface area contributed by atoms with Crippen LogP contribution in [0, 0.1) is 6.92 Å². The fourth-order valence-corrected chi connectivity index (χ4v) is 4.41. The molecule has 1 fully saturated rings. The largest absolute Gasteiger partial charge is 0.464 e. The molecule has 5 rings (SSSR count). The lowest BCUT2D eigenvalue weighted by Gasteiger charge is -2.32. The third-order valence-corrected chi connectivity index (χ3v) is 6.41. The molecule has 1 aliphatic heterocycles. The Labute approximate surface area is 203 Å².